The summed E-state index contributed by atoms with van der Waals surface area (Å²) < 4.78 is 1.93. The predicted molar refractivity (Wildman–Crippen MR) is 104 cm³/mol. The van der Waals surface area contributed by atoms with Gasteiger partial charge in [-0.1, -0.05) is 72.8 Å². The molecule has 0 fully saturated rings. The summed E-state index contributed by atoms with van der Waals surface area (Å²) in [5.74, 6) is 0.545. The van der Waals surface area contributed by atoms with Crippen molar-refractivity contribution in [1.29, 1.82) is 0 Å². The molecule has 128 valence electrons. The number of carbonyl (C=O) groups excluding carboxylic acids is 1. The molecule has 4 rings (SSSR count). The van der Waals surface area contributed by atoms with Gasteiger partial charge in [-0.15, -0.1) is 0 Å². The number of rotatable bonds is 5. The van der Waals surface area contributed by atoms with Gasteiger partial charge < -0.3 is 5.32 Å². The Morgan fingerprint density at radius 1 is 0.808 bits per heavy atom. The minimum absolute atomic E-state index is 0.0636. The Morgan fingerprint density at radius 3 is 2.15 bits per heavy atom. The molecule has 0 atom stereocenters. The van der Waals surface area contributed by atoms with Crippen LogP contribution in [0.5, 0.6) is 0 Å². The van der Waals surface area contributed by atoms with Crippen molar-refractivity contribution in [3.8, 4) is 0 Å². The minimum atomic E-state index is -0.0636. The molecule has 0 saturated carbocycles. The molecule has 1 amide bonds. The molecule has 0 unspecified atom stereocenters. The first kappa shape index (κ1) is 16.1. The number of benzene rings is 3. The lowest BCUT2D eigenvalue weighted by molar-refractivity contribution is -0.115. The molecule has 4 nitrogen and oxygen atoms in total. The topological polar surface area (TPSA) is 46.9 Å². The van der Waals surface area contributed by atoms with Crippen LogP contribution >= 0.6 is 0 Å². The molecule has 0 spiro atoms. The summed E-state index contributed by atoms with van der Waals surface area (Å²) in [6, 6.07) is 27.9. The van der Waals surface area contributed by atoms with Gasteiger partial charge in [-0.3, -0.25) is 9.48 Å². The van der Waals surface area contributed by atoms with Gasteiger partial charge in [0.2, 0.25) is 5.91 Å². The van der Waals surface area contributed by atoms with Crippen LogP contribution in [0.25, 0.3) is 10.9 Å². The Kier molecular flexibility index (Phi) is 4.48. The zero-order chi connectivity index (χ0) is 17.8. The number of carbonyl (C=O) groups is 1. The fourth-order valence-electron chi connectivity index (χ4n) is 3.05. The summed E-state index contributed by atoms with van der Waals surface area (Å²) in [5, 5.41) is 8.57. The Hall–Kier alpha value is -3.40. The highest BCUT2D eigenvalue weighted by molar-refractivity contribution is 6.00. The molecule has 4 aromatic rings. The highest BCUT2D eigenvalue weighted by atomic mass is 16.1. The third-order valence-electron chi connectivity index (χ3n) is 4.30. The Morgan fingerprint density at radius 2 is 1.42 bits per heavy atom. The normalized spacial score (nSPS) is 10.8. The van der Waals surface area contributed by atoms with Crippen LogP contribution in [0.1, 0.15) is 11.1 Å². The van der Waals surface area contributed by atoms with Crippen LogP contribution < -0.4 is 5.32 Å². The zero-order valence-electron chi connectivity index (χ0n) is 14.3. The Labute approximate surface area is 152 Å². The Balaban J connectivity index is 1.60. The fourth-order valence-corrected chi connectivity index (χ4v) is 3.05. The van der Waals surface area contributed by atoms with Crippen LogP contribution in [0, 0.1) is 0 Å². The maximum absolute atomic E-state index is 12.4. The number of fused-ring (bicyclic) bond motifs is 1. The van der Waals surface area contributed by atoms with Crippen molar-refractivity contribution in [3.63, 3.8) is 0 Å². The third-order valence-corrected chi connectivity index (χ3v) is 4.30. The van der Waals surface area contributed by atoms with E-state index >= 15 is 0 Å². The van der Waals surface area contributed by atoms with Crippen molar-refractivity contribution in [2.45, 2.75) is 13.0 Å². The minimum Gasteiger partial charge on any atom is -0.308 e. The number of hydrogen-bond donors (Lipinski definition) is 1. The molecule has 0 saturated heterocycles. The van der Waals surface area contributed by atoms with Crippen LogP contribution in [0.2, 0.25) is 0 Å². The van der Waals surface area contributed by atoms with E-state index in [4.69, 9.17) is 0 Å². The second-order valence-corrected chi connectivity index (χ2v) is 6.22. The molecule has 4 heteroatoms. The van der Waals surface area contributed by atoms with Crippen molar-refractivity contribution in [2.24, 2.45) is 0 Å². The molecule has 0 radical (unpaired) electrons. The average Bonchev–Trinajstić information content (AvgIpc) is 3.01. The van der Waals surface area contributed by atoms with Gasteiger partial charge in [-0.05, 0) is 23.3 Å². The first-order valence-electron chi connectivity index (χ1n) is 8.63. The van der Waals surface area contributed by atoms with E-state index in [0.29, 0.717) is 18.8 Å². The zero-order valence-corrected chi connectivity index (χ0v) is 14.3. The highest BCUT2D eigenvalue weighted by Crippen LogP contribution is 2.23. The summed E-state index contributed by atoms with van der Waals surface area (Å²) >= 11 is 0. The molecule has 0 aliphatic heterocycles. The van der Waals surface area contributed by atoms with Gasteiger partial charge in [0.15, 0.2) is 5.82 Å². The summed E-state index contributed by atoms with van der Waals surface area (Å²) in [5.41, 5.74) is 3.16. The van der Waals surface area contributed by atoms with E-state index in [-0.39, 0.29) is 5.91 Å². The van der Waals surface area contributed by atoms with Crippen LogP contribution in [0.15, 0.2) is 84.9 Å². The molecule has 0 bridgehead atoms. The maximum Gasteiger partial charge on any atom is 0.230 e. The molecule has 1 heterocycles. The molecule has 3 aromatic carbocycles. The van der Waals surface area contributed by atoms with E-state index in [2.05, 4.69) is 22.5 Å². The van der Waals surface area contributed by atoms with E-state index < -0.39 is 0 Å². The molecule has 1 N–H and O–H groups in total. The van der Waals surface area contributed by atoms with Gasteiger partial charge in [-0.25, -0.2) is 0 Å². The largest absolute Gasteiger partial charge is 0.308 e. The average molecular weight is 341 g/mol. The Bertz CT molecular complexity index is 1020. The predicted octanol–water partition coefficient (Wildman–Crippen LogP) is 4.27. The standard InChI is InChI=1S/C22H19N3O/c26-21(15-17-9-3-1-4-10-17)23-22-19-13-7-8-14-20(19)25(24-22)16-18-11-5-2-6-12-18/h1-14H,15-16H2,(H,23,24,26). The van der Waals surface area contributed by atoms with Gasteiger partial charge in [0, 0.05) is 5.39 Å². The SMILES string of the molecule is O=C(Cc1ccccc1)Nc1nn(Cc2ccccc2)c2ccccc12. The lowest BCUT2D eigenvalue weighted by Crippen LogP contribution is -2.15. The number of amides is 1. The third kappa shape index (κ3) is 3.49. The number of anilines is 1. The summed E-state index contributed by atoms with van der Waals surface area (Å²) in [7, 11) is 0. The number of para-hydroxylation sites is 1. The molecule has 1 aromatic heterocycles. The van der Waals surface area contributed by atoms with Gasteiger partial charge >= 0.3 is 0 Å². The second-order valence-electron chi connectivity index (χ2n) is 6.22. The second kappa shape index (κ2) is 7.23. The summed E-state index contributed by atoms with van der Waals surface area (Å²) in [6.45, 7) is 0.663. The lowest BCUT2D eigenvalue weighted by atomic mass is 10.1. The van der Waals surface area contributed by atoms with Gasteiger partial charge in [-0.2, -0.15) is 5.10 Å². The van der Waals surface area contributed by atoms with E-state index in [9.17, 15) is 4.79 Å². The first-order valence-corrected chi connectivity index (χ1v) is 8.63. The highest BCUT2D eigenvalue weighted by Gasteiger charge is 2.13. The van der Waals surface area contributed by atoms with Gasteiger partial charge in [0.25, 0.3) is 0 Å². The lowest BCUT2D eigenvalue weighted by Gasteiger charge is -2.04. The van der Waals surface area contributed by atoms with E-state index in [1.165, 1.54) is 5.56 Å². The van der Waals surface area contributed by atoms with E-state index in [1.54, 1.807) is 0 Å². The molecule has 0 aliphatic rings. The van der Waals surface area contributed by atoms with E-state index in [1.807, 2.05) is 77.5 Å². The number of hydrogen-bond acceptors (Lipinski definition) is 2. The van der Waals surface area contributed by atoms with Crippen LogP contribution in [0.4, 0.5) is 5.82 Å². The monoisotopic (exact) mass is 341 g/mol. The van der Waals surface area contributed by atoms with Crippen LogP contribution in [-0.4, -0.2) is 15.7 Å². The van der Waals surface area contributed by atoms with Crippen LogP contribution in [0.3, 0.4) is 0 Å². The van der Waals surface area contributed by atoms with Crippen molar-refractivity contribution >= 4 is 22.6 Å². The van der Waals surface area contributed by atoms with Crippen molar-refractivity contribution in [2.75, 3.05) is 5.32 Å². The summed E-state index contributed by atoms with van der Waals surface area (Å²) in [4.78, 5) is 12.4. The number of nitrogens with one attached hydrogen (secondary N) is 1. The summed E-state index contributed by atoms with van der Waals surface area (Å²) in [6.07, 6.45) is 0.334. The van der Waals surface area contributed by atoms with Gasteiger partial charge in [0.05, 0.1) is 18.5 Å². The number of nitrogens with zero attached hydrogens (tertiary/aromatic N) is 2. The smallest absolute Gasteiger partial charge is 0.230 e. The van der Waals surface area contributed by atoms with Gasteiger partial charge in [0.1, 0.15) is 0 Å². The number of aromatic nitrogens is 2. The quantitative estimate of drug-likeness (QED) is 0.589. The van der Waals surface area contributed by atoms with Crippen molar-refractivity contribution < 1.29 is 4.79 Å². The molecular weight excluding hydrogens is 322 g/mol. The maximum atomic E-state index is 12.4. The van der Waals surface area contributed by atoms with Crippen molar-refractivity contribution in [1.82, 2.24) is 9.78 Å². The van der Waals surface area contributed by atoms with Crippen LogP contribution in [-0.2, 0) is 17.8 Å². The molecule has 26 heavy (non-hydrogen) atoms. The fraction of sp³-hybridized carbons (Fsp3) is 0.0909. The first-order chi connectivity index (χ1) is 12.8. The van der Waals surface area contributed by atoms with Crippen molar-refractivity contribution in [3.05, 3.63) is 96.1 Å². The van der Waals surface area contributed by atoms with E-state index in [0.717, 1.165) is 16.5 Å². The molecule has 0 aliphatic carbocycles. The molecular formula is C22H19N3O.